The van der Waals surface area contributed by atoms with E-state index in [4.69, 9.17) is 22.6 Å². The molecule has 0 atom stereocenters. The van der Waals surface area contributed by atoms with Gasteiger partial charge in [-0.25, -0.2) is 4.98 Å². The Hall–Kier alpha value is -2.04. The zero-order valence-corrected chi connectivity index (χ0v) is 7.67. The highest BCUT2D eigenvalue weighted by Gasteiger charge is 2.00. The van der Waals surface area contributed by atoms with Gasteiger partial charge in [-0.05, 0) is 6.07 Å². The van der Waals surface area contributed by atoms with Gasteiger partial charge in [-0.2, -0.15) is 5.26 Å². The molecule has 0 unspecified atom stereocenters. The summed E-state index contributed by atoms with van der Waals surface area (Å²) in [5, 5.41) is 8.69. The topological polar surface area (TPSA) is 79.8 Å². The van der Waals surface area contributed by atoms with Gasteiger partial charge in [-0.15, -0.1) is 0 Å². The van der Waals surface area contributed by atoms with Gasteiger partial charge in [0.25, 0.3) is 5.91 Å². The maximum absolute atomic E-state index is 10.4. The van der Waals surface area contributed by atoms with Crippen molar-refractivity contribution in [2.24, 2.45) is 5.73 Å². The Bertz CT molecular complexity index is 479. The molecule has 0 bridgehead atoms. The molecule has 1 aromatic heterocycles. The summed E-state index contributed by atoms with van der Waals surface area (Å²) in [6, 6.07) is 3.31. The summed E-state index contributed by atoms with van der Waals surface area (Å²) >= 11 is 5.66. The van der Waals surface area contributed by atoms with E-state index >= 15 is 0 Å². The monoisotopic (exact) mass is 205 g/mol. The lowest BCUT2D eigenvalue weighted by molar-refractivity contribution is -0.112. The van der Waals surface area contributed by atoms with Crippen molar-refractivity contribution in [2.75, 3.05) is 0 Å². The summed E-state index contributed by atoms with van der Waals surface area (Å²) in [5.74, 6) is 3.77. The average molecular weight is 206 g/mol. The molecule has 1 rings (SSSR count). The number of hydrogen-bond donors (Lipinski definition) is 1. The van der Waals surface area contributed by atoms with Crippen LogP contribution in [0.2, 0.25) is 5.15 Å². The van der Waals surface area contributed by atoms with Gasteiger partial charge in [0.05, 0.1) is 11.1 Å². The summed E-state index contributed by atoms with van der Waals surface area (Å²) in [5.41, 5.74) is 5.45. The zero-order chi connectivity index (χ0) is 10.6. The molecule has 0 saturated heterocycles. The summed E-state index contributed by atoms with van der Waals surface area (Å²) in [4.78, 5) is 14.1. The van der Waals surface area contributed by atoms with E-state index in [1.807, 2.05) is 6.07 Å². The van der Waals surface area contributed by atoms with Gasteiger partial charge in [0, 0.05) is 12.1 Å². The van der Waals surface area contributed by atoms with E-state index in [-0.39, 0.29) is 5.15 Å². The lowest BCUT2D eigenvalue weighted by Gasteiger charge is -1.93. The second-order valence-corrected chi connectivity index (χ2v) is 2.65. The van der Waals surface area contributed by atoms with Crippen LogP contribution >= 0.6 is 11.6 Å². The lowest BCUT2D eigenvalue weighted by atomic mass is 10.2. The minimum atomic E-state index is -0.761. The summed E-state index contributed by atoms with van der Waals surface area (Å²) in [7, 11) is 0. The molecule has 5 heteroatoms. The molecule has 0 saturated carbocycles. The van der Waals surface area contributed by atoms with Crippen LogP contribution in [0.4, 0.5) is 0 Å². The summed E-state index contributed by atoms with van der Waals surface area (Å²) in [6.45, 7) is 0. The van der Waals surface area contributed by atoms with Gasteiger partial charge in [0.15, 0.2) is 0 Å². The standard InChI is InChI=1S/C9H4ClN3O/c10-9-7(1-2-8(12)14)3-6(4-11)5-13-9/h3,5H,(H2,12,14). The molecule has 0 aromatic carbocycles. The van der Waals surface area contributed by atoms with E-state index in [2.05, 4.69) is 16.8 Å². The Kier molecular flexibility index (Phi) is 3.06. The van der Waals surface area contributed by atoms with Crippen LogP contribution in [-0.2, 0) is 4.79 Å². The van der Waals surface area contributed by atoms with Crippen LogP contribution in [0, 0.1) is 23.2 Å². The number of rotatable bonds is 0. The molecule has 0 radical (unpaired) electrons. The number of hydrogen-bond acceptors (Lipinski definition) is 3. The Morgan fingerprint density at radius 3 is 2.93 bits per heavy atom. The quantitative estimate of drug-likeness (QED) is 0.493. The third-order valence-electron chi connectivity index (χ3n) is 1.29. The first-order valence-electron chi connectivity index (χ1n) is 3.50. The first-order chi connectivity index (χ1) is 6.63. The van der Waals surface area contributed by atoms with Crippen molar-refractivity contribution >= 4 is 17.5 Å². The van der Waals surface area contributed by atoms with Gasteiger partial charge in [0.1, 0.15) is 11.2 Å². The van der Waals surface area contributed by atoms with Crippen LogP contribution in [0.3, 0.4) is 0 Å². The van der Waals surface area contributed by atoms with E-state index in [0.29, 0.717) is 11.1 Å². The van der Waals surface area contributed by atoms with Crippen LogP contribution in [0.15, 0.2) is 12.3 Å². The normalized spacial score (nSPS) is 8.29. The largest absolute Gasteiger partial charge is 0.359 e. The molecule has 4 nitrogen and oxygen atoms in total. The number of nitrogens with zero attached hydrogens (tertiary/aromatic N) is 2. The number of carbonyl (C=O) groups excluding carboxylic acids is 1. The predicted molar refractivity (Wildman–Crippen MR) is 50.0 cm³/mol. The number of carbonyl (C=O) groups is 1. The minimum Gasteiger partial charge on any atom is -0.359 e. The van der Waals surface area contributed by atoms with Crippen LogP contribution in [0.5, 0.6) is 0 Å². The molecule has 2 N–H and O–H groups in total. The molecule has 1 amide bonds. The number of nitrogens with two attached hydrogens (primary N) is 1. The Morgan fingerprint density at radius 1 is 1.64 bits per heavy atom. The van der Waals surface area contributed by atoms with Gasteiger partial charge in [-0.3, -0.25) is 4.79 Å². The highest BCUT2D eigenvalue weighted by molar-refractivity contribution is 6.30. The van der Waals surface area contributed by atoms with Crippen LogP contribution in [0.25, 0.3) is 0 Å². The fraction of sp³-hybridized carbons (Fsp3) is 0. The SMILES string of the molecule is N#Cc1cnc(Cl)c(C#CC(N)=O)c1. The second-order valence-electron chi connectivity index (χ2n) is 2.29. The highest BCUT2D eigenvalue weighted by atomic mass is 35.5. The Balaban J connectivity index is 3.17. The fourth-order valence-electron chi connectivity index (χ4n) is 0.726. The molecule has 68 valence electrons. The number of primary amides is 1. The van der Waals surface area contributed by atoms with E-state index < -0.39 is 5.91 Å². The molecule has 0 spiro atoms. The van der Waals surface area contributed by atoms with E-state index in [9.17, 15) is 4.79 Å². The molecule has 0 fully saturated rings. The minimum absolute atomic E-state index is 0.137. The molecule has 0 aliphatic heterocycles. The van der Waals surface area contributed by atoms with Crippen LogP contribution < -0.4 is 5.73 Å². The molecule has 0 aliphatic rings. The molecule has 14 heavy (non-hydrogen) atoms. The van der Waals surface area contributed by atoms with Gasteiger partial charge in [-0.1, -0.05) is 17.5 Å². The Morgan fingerprint density at radius 2 is 2.36 bits per heavy atom. The smallest absolute Gasteiger partial charge is 0.293 e. The number of nitriles is 1. The second kappa shape index (κ2) is 4.27. The van der Waals surface area contributed by atoms with Gasteiger partial charge >= 0.3 is 0 Å². The maximum Gasteiger partial charge on any atom is 0.293 e. The number of amides is 1. The van der Waals surface area contributed by atoms with Crippen LogP contribution in [-0.4, -0.2) is 10.9 Å². The maximum atomic E-state index is 10.4. The number of pyridine rings is 1. The van der Waals surface area contributed by atoms with Crippen molar-refractivity contribution in [1.82, 2.24) is 4.98 Å². The number of halogens is 1. The first kappa shape index (κ1) is 10.0. The van der Waals surface area contributed by atoms with E-state index in [1.165, 1.54) is 12.3 Å². The van der Waals surface area contributed by atoms with Crippen molar-refractivity contribution in [1.29, 1.82) is 5.26 Å². The molecule has 1 aromatic rings. The zero-order valence-electron chi connectivity index (χ0n) is 6.91. The summed E-state index contributed by atoms with van der Waals surface area (Å²) < 4.78 is 0. The van der Waals surface area contributed by atoms with Crippen molar-refractivity contribution < 1.29 is 4.79 Å². The third-order valence-corrected chi connectivity index (χ3v) is 1.59. The van der Waals surface area contributed by atoms with E-state index in [0.717, 1.165) is 0 Å². The Labute approximate surface area is 85.3 Å². The average Bonchev–Trinajstić information content (AvgIpc) is 2.16. The van der Waals surface area contributed by atoms with Crippen molar-refractivity contribution in [2.45, 2.75) is 0 Å². The highest BCUT2D eigenvalue weighted by Crippen LogP contribution is 2.12. The fourth-order valence-corrected chi connectivity index (χ4v) is 0.876. The summed E-state index contributed by atoms with van der Waals surface area (Å²) in [6.07, 6.45) is 1.32. The van der Waals surface area contributed by atoms with Crippen LogP contribution in [0.1, 0.15) is 11.1 Å². The molecular formula is C9H4ClN3O. The number of aromatic nitrogens is 1. The third kappa shape index (κ3) is 2.48. The van der Waals surface area contributed by atoms with Gasteiger partial charge in [0.2, 0.25) is 0 Å². The molecule has 1 heterocycles. The van der Waals surface area contributed by atoms with Crippen molar-refractivity contribution in [3.63, 3.8) is 0 Å². The van der Waals surface area contributed by atoms with E-state index in [1.54, 1.807) is 0 Å². The van der Waals surface area contributed by atoms with Gasteiger partial charge < -0.3 is 5.73 Å². The molecular weight excluding hydrogens is 202 g/mol. The predicted octanol–water partition coefficient (Wildman–Crippen LogP) is 0.443. The van der Waals surface area contributed by atoms with Crippen molar-refractivity contribution in [3.05, 3.63) is 28.5 Å². The molecule has 0 aliphatic carbocycles. The lowest BCUT2D eigenvalue weighted by Crippen LogP contribution is -2.06. The first-order valence-corrected chi connectivity index (χ1v) is 3.88. The van der Waals surface area contributed by atoms with Crippen molar-refractivity contribution in [3.8, 4) is 17.9 Å².